The second-order valence-corrected chi connectivity index (χ2v) is 8.27. The van der Waals surface area contributed by atoms with Crippen LogP contribution in [0.5, 0.6) is 0 Å². The summed E-state index contributed by atoms with van der Waals surface area (Å²) in [6.07, 6.45) is 2.61. The molecular weight excluding hydrogens is 358 g/mol. The van der Waals surface area contributed by atoms with E-state index >= 15 is 0 Å². The molecular formula is C20H27N5OS. The van der Waals surface area contributed by atoms with Gasteiger partial charge in [0.15, 0.2) is 5.13 Å². The predicted octanol–water partition coefficient (Wildman–Crippen LogP) is 3.55. The maximum atomic E-state index is 13.4. The summed E-state index contributed by atoms with van der Waals surface area (Å²) in [4.78, 5) is 22.2. The minimum Gasteiger partial charge on any atom is -0.309 e. The quantitative estimate of drug-likeness (QED) is 0.651. The SMILES string of the molecule is Cc1ccc2sc(N(CCCN(C)C)C(=O)c3c(C)cnn3C)nc2c1C. The van der Waals surface area contributed by atoms with Crippen molar-refractivity contribution >= 4 is 32.6 Å². The average Bonchev–Trinajstić information content (AvgIpc) is 3.18. The largest absolute Gasteiger partial charge is 0.309 e. The molecule has 0 aliphatic rings. The van der Waals surface area contributed by atoms with Gasteiger partial charge in [-0.3, -0.25) is 14.4 Å². The Labute approximate surface area is 164 Å². The van der Waals surface area contributed by atoms with Gasteiger partial charge in [-0.15, -0.1) is 0 Å². The van der Waals surface area contributed by atoms with Crippen LogP contribution in [0, 0.1) is 20.8 Å². The molecule has 27 heavy (non-hydrogen) atoms. The fourth-order valence-electron chi connectivity index (χ4n) is 3.14. The molecule has 0 radical (unpaired) electrons. The fraction of sp³-hybridized carbons (Fsp3) is 0.450. The van der Waals surface area contributed by atoms with Crippen LogP contribution in [0.25, 0.3) is 10.2 Å². The number of carbonyl (C=O) groups is 1. The Morgan fingerprint density at radius 2 is 1.89 bits per heavy atom. The van der Waals surface area contributed by atoms with Crippen LogP contribution in [-0.4, -0.2) is 52.8 Å². The lowest BCUT2D eigenvalue weighted by Gasteiger charge is -2.21. The first kappa shape index (κ1) is 19.5. The lowest BCUT2D eigenvalue weighted by atomic mass is 10.1. The minimum atomic E-state index is -0.0420. The molecule has 7 heteroatoms. The molecule has 0 N–H and O–H groups in total. The molecule has 0 fully saturated rings. The second-order valence-electron chi connectivity index (χ2n) is 7.26. The minimum absolute atomic E-state index is 0.0420. The molecule has 0 bridgehead atoms. The van der Waals surface area contributed by atoms with E-state index in [0.29, 0.717) is 12.2 Å². The van der Waals surface area contributed by atoms with E-state index in [1.54, 1.807) is 22.2 Å². The first-order chi connectivity index (χ1) is 12.8. The molecule has 3 rings (SSSR count). The van der Waals surface area contributed by atoms with E-state index in [0.717, 1.165) is 33.9 Å². The van der Waals surface area contributed by atoms with Crippen molar-refractivity contribution in [3.8, 4) is 0 Å². The van der Waals surface area contributed by atoms with Crippen LogP contribution in [-0.2, 0) is 7.05 Å². The van der Waals surface area contributed by atoms with Crippen LogP contribution in [0.1, 0.15) is 33.6 Å². The molecule has 0 aliphatic carbocycles. The van der Waals surface area contributed by atoms with Gasteiger partial charge in [0.25, 0.3) is 5.91 Å². The van der Waals surface area contributed by atoms with Gasteiger partial charge in [0, 0.05) is 13.6 Å². The normalized spacial score (nSPS) is 11.5. The van der Waals surface area contributed by atoms with Crippen LogP contribution in [0.3, 0.4) is 0 Å². The predicted molar refractivity (Wildman–Crippen MR) is 112 cm³/mol. The molecule has 0 unspecified atom stereocenters. The van der Waals surface area contributed by atoms with Crippen molar-refractivity contribution in [2.45, 2.75) is 27.2 Å². The number of amides is 1. The van der Waals surface area contributed by atoms with E-state index in [1.807, 2.05) is 33.0 Å². The number of nitrogens with zero attached hydrogens (tertiary/aromatic N) is 5. The van der Waals surface area contributed by atoms with Gasteiger partial charge in [0.05, 0.1) is 16.4 Å². The van der Waals surface area contributed by atoms with Crippen molar-refractivity contribution in [2.75, 3.05) is 32.1 Å². The molecule has 0 spiro atoms. The summed E-state index contributed by atoms with van der Waals surface area (Å²) in [6.45, 7) is 7.64. The van der Waals surface area contributed by atoms with E-state index in [4.69, 9.17) is 4.98 Å². The van der Waals surface area contributed by atoms with Crippen molar-refractivity contribution in [3.63, 3.8) is 0 Å². The number of aromatic nitrogens is 3. The molecule has 0 atom stereocenters. The monoisotopic (exact) mass is 385 g/mol. The standard InChI is InChI=1S/C20H27N5OS/c1-13-8-9-16-17(15(13)3)22-20(27-16)25(11-7-10-23(4)5)19(26)18-14(2)12-21-24(18)6/h8-9,12H,7,10-11H2,1-6H3. The third-order valence-electron chi connectivity index (χ3n) is 4.86. The molecule has 0 saturated carbocycles. The Balaban J connectivity index is 2.01. The van der Waals surface area contributed by atoms with Gasteiger partial charge in [-0.05, 0) is 70.6 Å². The van der Waals surface area contributed by atoms with Crippen molar-refractivity contribution < 1.29 is 4.79 Å². The summed E-state index contributed by atoms with van der Waals surface area (Å²) in [7, 11) is 5.90. The highest BCUT2D eigenvalue weighted by atomic mass is 32.1. The highest BCUT2D eigenvalue weighted by Gasteiger charge is 2.25. The Morgan fingerprint density at radius 1 is 1.15 bits per heavy atom. The van der Waals surface area contributed by atoms with Gasteiger partial charge in [-0.2, -0.15) is 5.10 Å². The van der Waals surface area contributed by atoms with Crippen LogP contribution < -0.4 is 4.90 Å². The number of anilines is 1. The number of thiazole rings is 1. The summed E-state index contributed by atoms with van der Waals surface area (Å²) < 4.78 is 2.76. The zero-order valence-electron chi connectivity index (χ0n) is 16.9. The summed E-state index contributed by atoms with van der Waals surface area (Å²) >= 11 is 1.58. The third kappa shape index (κ3) is 3.89. The number of benzene rings is 1. The summed E-state index contributed by atoms with van der Waals surface area (Å²) in [5.41, 5.74) is 4.88. The number of rotatable bonds is 6. The maximum Gasteiger partial charge on any atom is 0.278 e. The lowest BCUT2D eigenvalue weighted by Crippen LogP contribution is -2.35. The van der Waals surface area contributed by atoms with Crippen LogP contribution in [0.4, 0.5) is 5.13 Å². The number of fused-ring (bicyclic) bond motifs is 1. The van der Waals surface area contributed by atoms with Crippen LogP contribution in [0.2, 0.25) is 0 Å². The van der Waals surface area contributed by atoms with Gasteiger partial charge < -0.3 is 4.90 Å². The molecule has 6 nitrogen and oxygen atoms in total. The highest BCUT2D eigenvalue weighted by Crippen LogP contribution is 2.33. The molecule has 2 heterocycles. The van der Waals surface area contributed by atoms with Crippen molar-refractivity contribution in [1.29, 1.82) is 0 Å². The van der Waals surface area contributed by atoms with Gasteiger partial charge in [-0.1, -0.05) is 17.4 Å². The summed E-state index contributed by atoms with van der Waals surface area (Å²) in [5, 5.41) is 4.99. The Morgan fingerprint density at radius 3 is 2.52 bits per heavy atom. The first-order valence-electron chi connectivity index (χ1n) is 9.11. The number of aryl methyl sites for hydroxylation is 4. The number of carbonyl (C=O) groups excluding carboxylic acids is 1. The summed E-state index contributed by atoms with van der Waals surface area (Å²) in [6, 6.07) is 4.21. The molecule has 1 amide bonds. The van der Waals surface area contributed by atoms with Crippen molar-refractivity contribution in [1.82, 2.24) is 19.7 Å². The molecule has 2 aromatic heterocycles. The number of hydrogen-bond donors (Lipinski definition) is 0. The topological polar surface area (TPSA) is 54.3 Å². The molecule has 0 aliphatic heterocycles. The lowest BCUT2D eigenvalue weighted by molar-refractivity contribution is 0.0976. The fourth-order valence-corrected chi connectivity index (χ4v) is 4.19. The Kier molecular flexibility index (Phi) is 5.62. The Bertz CT molecular complexity index is 953. The average molecular weight is 386 g/mol. The summed E-state index contributed by atoms with van der Waals surface area (Å²) in [5.74, 6) is -0.0420. The van der Waals surface area contributed by atoms with Crippen molar-refractivity contribution in [3.05, 3.63) is 40.7 Å². The van der Waals surface area contributed by atoms with E-state index < -0.39 is 0 Å². The Hall–Kier alpha value is -2.25. The highest BCUT2D eigenvalue weighted by molar-refractivity contribution is 7.22. The molecule has 0 saturated heterocycles. The van der Waals surface area contributed by atoms with E-state index in [1.165, 1.54) is 11.1 Å². The molecule has 1 aromatic carbocycles. The van der Waals surface area contributed by atoms with Gasteiger partial charge in [0.1, 0.15) is 5.69 Å². The molecule has 3 aromatic rings. The smallest absolute Gasteiger partial charge is 0.278 e. The van der Waals surface area contributed by atoms with E-state index in [9.17, 15) is 4.79 Å². The zero-order chi connectivity index (χ0) is 19.7. The van der Waals surface area contributed by atoms with E-state index in [2.05, 4.69) is 36.0 Å². The van der Waals surface area contributed by atoms with Gasteiger partial charge in [0.2, 0.25) is 0 Å². The third-order valence-corrected chi connectivity index (χ3v) is 5.90. The zero-order valence-corrected chi connectivity index (χ0v) is 17.7. The van der Waals surface area contributed by atoms with Gasteiger partial charge >= 0.3 is 0 Å². The second kappa shape index (κ2) is 7.78. The molecule has 144 valence electrons. The maximum absolute atomic E-state index is 13.4. The van der Waals surface area contributed by atoms with Crippen LogP contribution >= 0.6 is 11.3 Å². The first-order valence-corrected chi connectivity index (χ1v) is 9.93. The number of hydrogen-bond acceptors (Lipinski definition) is 5. The van der Waals surface area contributed by atoms with Crippen molar-refractivity contribution in [2.24, 2.45) is 7.05 Å². The van der Waals surface area contributed by atoms with Gasteiger partial charge in [-0.25, -0.2) is 4.98 Å². The van der Waals surface area contributed by atoms with E-state index in [-0.39, 0.29) is 5.91 Å². The van der Waals surface area contributed by atoms with Crippen LogP contribution in [0.15, 0.2) is 18.3 Å².